The summed E-state index contributed by atoms with van der Waals surface area (Å²) in [7, 11) is 0. The van der Waals surface area contributed by atoms with Gasteiger partial charge in [0.2, 0.25) is 0 Å². The van der Waals surface area contributed by atoms with E-state index in [2.05, 4.69) is 15.2 Å². The number of fused-ring (bicyclic) bond motifs is 2. The summed E-state index contributed by atoms with van der Waals surface area (Å²) in [6, 6.07) is 7.70. The topological polar surface area (TPSA) is 97.9 Å². The second kappa shape index (κ2) is 6.35. The number of H-pyrrole nitrogens is 2. The van der Waals surface area contributed by atoms with Crippen molar-refractivity contribution in [2.75, 3.05) is 6.54 Å². The van der Waals surface area contributed by atoms with Crippen molar-refractivity contribution in [3.8, 4) is 11.4 Å². The van der Waals surface area contributed by atoms with Crippen molar-refractivity contribution in [3.05, 3.63) is 58.2 Å². The zero-order valence-corrected chi connectivity index (χ0v) is 15.0. The van der Waals surface area contributed by atoms with Gasteiger partial charge in [0.15, 0.2) is 5.69 Å². The molecule has 1 aliphatic heterocycles. The zero-order chi connectivity index (χ0) is 18.4. The molecule has 0 spiro atoms. The zero-order valence-electron chi connectivity index (χ0n) is 15.0. The Morgan fingerprint density at radius 2 is 2.15 bits per heavy atom. The number of hydrogen-bond donors (Lipinski definition) is 3. The lowest BCUT2D eigenvalue weighted by Gasteiger charge is -2.25. The average Bonchev–Trinajstić information content (AvgIpc) is 3.41. The normalized spacial score (nSPS) is 15.7. The Balaban J connectivity index is 1.39. The molecule has 0 bridgehead atoms. The van der Waals surface area contributed by atoms with Crippen LogP contribution in [0.1, 0.15) is 45.1 Å². The highest BCUT2D eigenvalue weighted by atomic mass is 16.3. The molecule has 1 amide bonds. The number of amides is 1. The molecule has 3 heterocycles. The molecule has 7 heteroatoms. The molecule has 3 aromatic rings. The van der Waals surface area contributed by atoms with Crippen molar-refractivity contribution in [2.24, 2.45) is 0 Å². The summed E-state index contributed by atoms with van der Waals surface area (Å²) >= 11 is 0. The van der Waals surface area contributed by atoms with E-state index >= 15 is 0 Å². The third kappa shape index (κ3) is 2.75. The van der Waals surface area contributed by atoms with Crippen molar-refractivity contribution in [1.82, 2.24) is 25.1 Å². The molecule has 0 fully saturated rings. The van der Waals surface area contributed by atoms with Crippen LogP contribution in [0.5, 0.6) is 0 Å². The molecule has 2 aliphatic rings. The molecule has 7 nitrogen and oxygen atoms in total. The van der Waals surface area contributed by atoms with Gasteiger partial charge in [-0.15, -0.1) is 0 Å². The maximum Gasteiger partial charge on any atom is 0.275 e. The fourth-order valence-corrected chi connectivity index (χ4v) is 4.07. The van der Waals surface area contributed by atoms with E-state index in [0.29, 0.717) is 18.8 Å². The van der Waals surface area contributed by atoms with Gasteiger partial charge in [-0.1, -0.05) is 18.2 Å². The van der Waals surface area contributed by atoms with Crippen LogP contribution in [0, 0.1) is 0 Å². The number of nitrogens with zero attached hydrogens (tertiary/aromatic N) is 3. The molecular formula is C20H21N5O2. The van der Waals surface area contributed by atoms with E-state index in [-0.39, 0.29) is 12.5 Å². The lowest BCUT2D eigenvalue weighted by atomic mass is 10.1. The van der Waals surface area contributed by atoms with Gasteiger partial charge in [-0.05, 0) is 30.9 Å². The number of rotatable bonds is 3. The number of aliphatic hydroxyl groups is 1. The molecule has 0 atom stereocenters. The number of nitrogens with one attached hydrogen (secondary N) is 2. The molecule has 138 valence electrons. The Morgan fingerprint density at radius 3 is 3.04 bits per heavy atom. The summed E-state index contributed by atoms with van der Waals surface area (Å²) in [5.41, 5.74) is 6.58. The Morgan fingerprint density at radius 1 is 1.22 bits per heavy atom. The molecule has 0 radical (unpaired) electrons. The number of aromatic nitrogens is 4. The minimum atomic E-state index is -0.00141. The quantitative estimate of drug-likeness (QED) is 0.663. The van der Waals surface area contributed by atoms with Crippen LogP contribution in [0.2, 0.25) is 0 Å². The Labute approximate surface area is 156 Å². The number of carbonyl (C=O) groups is 1. The highest BCUT2D eigenvalue weighted by Gasteiger charge is 2.30. The highest BCUT2D eigenvalue weighted by molar-refractivity contribution is 5.94. The van der Waals surface area contributed by atoms with E-state index in [0.717, 1.165) is 65.3 Å². The lowest BCUT2D eigenvalue weighted by molar-refractivity contribution is 0.0725. The van der Waals surface area contributed by atoms with Gasteiger partial charge in [-0.2, -0.15) is 5.10 Å². The lowest BCUT2D eigenvalue weighted by Crippen LogP contribution is -2.36. The minimum absolute atomic E-state index is 0.00141. The molecule has 0 saturated heterocycles. The summed E-state index contributed by atoms with van der Waals surface area (Å²) in [5, 5.41) is 16.6. The molecule has 2 aromatic heterocycles. The van der Waals surface area contributed by atoms with E-state index in [1.54, 1.807) is 0 Å². The SMILES string of the molecule is O=C(c1n[nH]c2c1CCC2)N1CCc2nc(-c3cccc(CO)c3)[nH]c2C1. The number of benzene rings is 1. The number of carbonyl (C=O) groups excluding carboxylic acids is 1. The van der Waals surface area contributed by atoms with Gasteiger partial charge < -0.3 is 15.0 Å². The Kier molecular flexibility index (Phi) is 3.82. The molecule has 1 aliphatic carbocycles. The van der Waals surface area contributed by atoms with Crippen molar-refractivity contribution >= 4 is 5.91 Å². The van der Waals surface area contributed by atoms with Gasteiger partial charge in [0.25, 0.3) is 5.91 Å². The fraction of sp³-hybridized carbons (Fsp3) is 0.350. The summed E-state index contributed by atoms with van der Waals surface area (Å²) in [6.07, 6.45) is 3.73. The van der Waals surface area contributed by atoms with Gasteiger partial charge in [0, 0.05) is 29.8 Å². The summed E-state index contributed by atoms with van der Waals surface area (Å²) in [6.45, 7) is 1.17. The second-order valence-corrected chi connectivity index (χ2v) is 7.23. The standard InChI is InChI=1S/C20H21N5O2/c26-11-12-3-1-4-13(9-12)19-21-16-7-8-25(10-17(16)22-19)20(27)18-14-5-2-6-15(14)23-24-18/h1,3-4,9,26H,2,5-8,10-11H2,(H,21,22)(H,23,24). The van der Waals surface area contributed by atoms with E-state index in [1.807, 2.05) is 29.2 Å². The third-order valence-corrected chi connectivity index (χ3v) is 5.51. The van der Waals surface area contributed by atoms with E-state index in [9.17, 15) is 9.90 Å². The monoisotopic (exact) mass is 363 g/mol. The molecule has 3 N–H and O–H groups in total. The first-order chi connectivity index (χ1) is 13.2. The van der Waals surface area contributed by atoms with Gasteiger partial charge in [0.1, 0.15) is 5.82 Å². The molecule has 1 aromatic carbocycles. The molecule has 0 unspecified atom stereocenters. The summed E-state index contributed by atoms with van der Waals surface area (Å²) < 4.78 is 0. The number of hydrogen-bond acceptors (Lipinski definition) is 4. The first-order valence-corrected chi connectivity index (χ1v) is 9.36. The number of aliphatic hydroxyl groups excluding tert-OH is 1. The molecular weight excluding hydrogens is 342 g/mol. The molecule has 27 heavy (non-hydrogen) atoms. The average molecular weight is 363 g/mol. The predicted octanol–water partition coefficient (Wildman–Crippen LogP) is 1.98. The van der Waals surface area contributed by atoms with Gasteiger partial charge in [0.05, 0.1) is 24.5 Å². The van der Waals surface area contributed by atoms with Crippen LogP contribution >= 0.6 is 0 Å². The first-order valence-electron chi connectivity index (χ1n) is 9.36. The third-order valence-electron chi connectivity index (χ3n) is 5.51. The Bertz CT molecular complexity index is 1020. The Hall–Kier alpha value is -2.93. The number of aryl methyl sites for hydroxylation is 1. The van der Waals surface area contributed by atoms with Crippen LogP contribution < -0.4 is 0 Å². The van der Waals surface area contributed by atoms with E-state index < -0.39 is 0 Å². The van der Waals surface area contributed by atoms with Crippen molar-refractivity contribution < 1.29 is 9.90 Å². The fourth-order valence-electron chi connectivity index (χ4n) is 4.07. The van der Waals surface area contributed by atoms with Crippen LogP contribution in [0.15, 0.2) is 24.3 Å². The van der Waals surface area contributed by atoms with Crippen molar-refractivity contribution in [1.29, 1.82) is 0 Å². The van der Waals surface area contributed by atoms with Crippen LogP contribution in [0.25, 0.3) is 11.4 Å². The largest absolute Gasteiger partial charge is 0.392 e. The number of imidazole rings is 1. The summed E-state index contributed by atoms with van der Waals surface area (Å²) in [4.78, 5) is 22.9. The second-order valence-electron chi connectivity index (χ2n) is 7.23. The van der Waals surface area contributed by atoms with Crippen LogP contribution in [0.4, 0.5) is 0 Å². The van der Waals surface area contributed by atoms with Gasteiger partial charge in [-0.3, -0.25) is 9.89 Å². The van der Waals surface area contributed by atoms with Crippen LogP contribution in [-0.4, -0.2) is 42.6 Å². The van der Waals surface area contributed by atoms with E-state index in [4.69, 9.17) is 4.98 Å². The van der Waals surface area contributed by atoms with Crippen molar-refractivity contribution in [2.45, 2.75) is 38.8 Å². The maximum atomic E-state index is 13.0. The van der Waals surface area contributed by atoms with E-state index in [1.165, 1.54) is 0 Å². The smallest absolute Gasteiger partial charge is 0.275 e. The van der Waals surface area contributed by atoms with Gasteiger partial charge >= 0.3 is 0 Å². The maximum absolute atomic E-state index is 13.0. The van der Waals surface area contributed by atoms with Crippen LogP contribution in [0.3, 0.4) is 0 Å². The molecule has 5 rings (SSSR count). The minimum Gasteiger partial charge on any atom is -0.392 e. The highest BCUT2D eigenvalue weighted by Crippen LogP contribution is 2.27. The van der Waals surface area contributed by atoms with Gasteiger partial charge in [-0.25, -0.2) is 4.98 Å². The molecule has 0 saturated carbocycles. The number of aromatic amines is 2. The predicted molar refractivity (Wildman–Crippen MR) is 99.0 cm³/mol. The van der Waals surface area contributed by atoms with Crippen molar-refractivity contribution in [3.63, 3.8) is 0 Å². The van der Waals surface area contributed by atoms with Crippen LogP contribution in [-0.2, 0) is 32.4 Å². The summed E-state index contributed by atoms with van der Waals surface area (Å²) in [5.74, 6) is 0.781. The first kappa shape index (κ1) is 16.3.